The minimum atomic E-state index is 0.524. The third-order valence-electron chi connectivity index (χ3n) is 2.27. The van der Waals surface area contributed by atoms with Crippen LogP contribution in [0.25, 0.3) is 0 Å². The van der Waals surface area contributed by atoms with Gasteiger partial charge in [0.15, 0.2) is 0 Å². The number of aromatic nitrogens is 2. The Kier molecular flexibility index (Phi) is 3.49. The van der Waals surface area contributed by atoms with Gasteiger partial charge in [0.05, 0.1) is 12.8 Å². The van der Waals surface area contributed by atoms with E-state index in [1.807, 2.05) is 24.3 Å². The summed E-state index contributed by atoms with van der Waals surface area (Å²) in [5.41, 5.74) is 7.40. The molecule has 0 atom stereocenters. The van der Waals surface area contributed by atoms with Crippen LogP contribution in [-0.2, 0) is 0 Å². The van der Waals surface area contributed by atoms with Crippen LogP contribution < -0.4 is 15.8 Å². The van der Waals surface area contributed by atoms with Crippen molar-refractivity contribution in [3.63, 3.8) is 0 Å². The monoisotopic (exact) mass is 232 g/mol. The fraction of sp³-hybridized carbons (Fsp3) is 0.250. The second-order valence-electron chi connectivity index (χ2n) is 3.70. The van der Waals surface area contributed by atoms with E-state index in [1.165, 1.54) is 0 Å². The van der Waals surface area contributed by atoms with Crippen molar-refractivity contribution in [2.24, 2.45) is 0 Å². The summed E-state index contributed by atoms with van der Waals surface area (Å²) in [5, 5.41) is 9.67. The minimum absolute atomic E-state index is 0.524. The average molecular weight is 232 g/mol. The Morgan fingerprint density at radius 2 is 2.12 bits per heavy atom. The summed E-state index contributed by atoms with van der Waals surface area (Å²) in [6.07, 6.45) is 2.66. The van der Waals surface area contributed by atoms with Crippen LogP contribution in [0.1, 0.15) is 13.3 Å². The predicted octanol–water partition coefficient (Wildman–Crippen LogP) is 2.52. The highest BCUT2D eigenvalue weighted by Gasteiger charge is 2.01. The van der Waals surface area contributed by atoms with Crippen molar-refractivity contribution in [1.82, 2.24) is 10.2 Å². The van der Waals surface area contributed by atoms with E-state index in [0.29, 0.717) is 5.82 Å². The van der Waals surface area contributed by atoms with Crippen LogP contribution in [0.5, 0.6) is 5.75 Å². The normalized spacial score (nSPS) is 10.2. The molecule has 1 aromatic heterocycles. The van der Waals surface area contributed by atoms with Gasteiger partial charge in [0.1, 0.15) is 17.3 Å². The zero-order valence-corrected chi connectivity index (χ0v) is 9.73. The molecule has 0 aliphatic rings. The van der Waals surface area contributed by atoms with E-state index in [2.05, 4.69) is 22.4 Å². The first-order valence-electron chi connectivity index (χ1n) is 5.58. The third-order valence-corrected chi connectivity index (χ3v) is 2.27. The molecule has 5 nitrogen and oxygen atoms in total. The van der Waals surface area contributed by atoms with Crippen LogP contribution in [0.2, 0.25) is 0 Å². The van der Waals surface area contributed by atoms with E-state index < -0.39 is 0 Å². The second kappa shape index (κ2) is 5.25. The first-order valence-corrected chi connectivity index (χ1v) is 5.58. The number of rotatable bonds is 5. The average Bonchev–Trinajstić information content (AvgIpc) is 2.74. The standard InChI is InChI=1S/C12H16N4O/c1-2-7-17-10-5-3-9(4-6-10)15-11-8-14-16-12(11)13/h3-6,8,15H,2,7H2,1H3,(H3,13,14,16). The molecular formula is C12H16N4O. The summed E-state index contributed by atoms with van der Waals surface area (Å²) < 4.78 is 5.50. The number of nitrogens with zero attached hydrogens (tertiary/aromatic N) is 1. The van der Waals surface area contributed by atoms with Crippen LogP contribution in [0.3, 0.4) is 0 Å². The molecular weight excluding hydrogens is 216 g/mol. The van der Waals surface area contributed by atoms with Crippen LogP contribution in [0, 0.1) is 0 Å². The van der Waals surface area contributed by atoms with E-state index in [-0.39, 0.29) is 0 Å². The van der Waals surface area contributed by atoms with E-state index in [9.17, 15) is 0 Å². The van der Waals surface area contributed by atoms with Crippen molar-refractivity contribution < 1.29 is 4.74 Å². The lowest BCUT2D eigenvalue weighted by Gasteiger charge is -2.07. The maximum atomic E-state index is 5.68. The maximum Gasteiger partial charge on any atom is 0.143 e. The number of nitrogens with two attached hydrogens (primary N) is 1. The Hall–Kier alpha value is -2.17. The molecule has 17 heavy (non-hydrogen) atoms. The minimum Gasteiger partial charge on any atom is -0.494 e. The third kappa shape index (κ3) is 2.90. The van der Waals surface area contributed by atoms with E-state index in [4.69, 9.17) is 10.5 Å². The van der Waals surface area contributed by atoms with Crippen molar-refractivity contribution in [2.75, 3.05) is 17.7 Å². The summed E-state index contributed by atoms with van der Waals surface area (Å²) in [7, 11) is 0. The zero-order chi connectivity index (χ0) is 12.1. The van der Waals surface area contributed by atoms with Crippen LogP contribution in [0.4, 0.5) is 17.2 Å². The number of hydrogen-bond acceptors (Lipinski definition) is 4. The molecule has 2 aromatic rings. The van der Waals surface area contributed by atoms with Crippen molar-refractivity contribution in [2.45, 2.75) is 13.3 Å². The zero-order valence-electron chi connectivity index (χ0n) is 9.73. The first-order chi connectivity index (χ1) is 8.29. The Bertz CT molecular complexity index is 464. The Morgan fingerprint density at radius 1 is 1.35 bits per heavy atom. The van der Waals surface area contributed by atoms with Crippen molar-refractivity contribution >= 4 is 17.2 Å². The van der Waals surface area contributed by atoms with E-state index in [1.54, 1.807) is 6.20 Å². The molecule has 0 saturated carbocycles. The summed E-state index contributed by atoms with van der Waals surface area (Å²) >= 11 is 0. The molecule has 0 unspecified atom stereocenters. The molecule has 1 heterocycles. The molecule has 0 spiro atoms. The number of benzene rings is 1. The number of anilines is 3. The molecule has 0 aliphatic heterocycles. The van der Waals surface area contributed by atoms with Gasteiger partial charge < -0.3 is 15.8 Å². The first kappa shape index (κ1) is 11.3. The summed E-state index contributed by atoms with van der Waals surface area (Å²) in [4.78, 5) is 0. The number of ether oxygens (including phenoxy) is 1. The lowest BCUT2D eigenvalue weighted by atomic mass is 10.3. The molecule has 0 bridgehead atoms. The van der Waals surface area contributed by atoms with Gasteiger partial charge in [-0.3, -0.25) is 5.10 Å². The molecule has 0 radical (unpaired) electrons. The largest absolute Gasteiger partial charge is 0.494 e. The quantitative estimate of drug-likeness (QED) is 0.740. The van der Waals surface area contributed by atoms with Crippen molar-refractivity contribution in [3.05, 3.63) is 30.5 Å². The van der Waals surface area contributed by atoms with Crippen molar-refractivity contribution in [3.8, 4) is 5.75 Å². The van der Waals surface area contributed by atoms with E-state index in [0.717, 1.165) is 30.2 Å². The lowest BCUT2D eigenvalue weighted by Crippen LogP contribution is -1.96. The van der Waals surface area contributed by atoms with Crippen molar-refractivity contribution in [1.29, 1.82) is 0 Å². The van der Waals surface area contributed by atoms with Crippen LogP contribution in [-0.4, -0.2) is 16.8 Å². The molecule has 1 aromatic carbocycles. The smallest absolute Gasteiger partial charge is 0.143 e. The van der Waals surface area contributed by atoms with Gasteiger partial charge in [-0.05, 0) is 30.7 Å². The lowest BCUT2D eigenvalue weighted by molar-refractivity contribution is 0.317. The Balaban J connectivity index is 2.01. The summed E-state index contributed by atoms with van der Waals surface area (Å²) in [5.74, 6) is 1.40. The molecule has 4 N–H and O–H groups in total. The highest BCUT2D eigenvalue weighted by Crippen LogP contribution is 2.22. The molecule has 0 aliphatic carbocycles. The second-order valence-corrected chi connectivity index (χ2v) is 3.70. The van der Waals surface area contributed by atoms with E-state index >= 15 is 0 Å². The Labute approximate surface area is 100.0 Å². The van der Waals surface area contributed by atoms with Gasteiger partial charge >= 0.3 is 0 Å². The van der Waals surface area contributed by atoms with Gasteiger partial charge in [0.25, 0.3) is 0 Å². The number of nitrogen functional groups attached to an aromatic ring is 1. The topological polar surface area (TPSA) is 76.0 Å². The number of H-pyrrole nitrogens is 1. The fourth-order valence-electron chi connectivity index (χ4n) is 1.41. The van der Waals surface area contributed by atoms with Gasteiger partial charge in [-0.1, -0.05) is 6.92 Å². The van der Waals surface area contributed by atoms with Crippen LogP contribution in [0.15, 0.2) is 30.5 Å². The number of hydrogen-bond donors (Lipinski definition) is 3. The summed E-state index contributed by atoms with van der Waals surface area (Å²) in [6.45, 7) is 2.82. The highest BCUT2D eigenvalue weighted by molar-refractivity contribution is 5.68. The molecule has 0 amide bonds. The van der Waals surface area contributed by atoms with Crippen LogP contribution >= 0.6 is 0 Å². The van der Waals surface area contributed by atoms with Gasteiger partial charge in [0, 0.05) is 5.69 Å². The highest BCUT2D eigenvalue weighted by atomic mass is 16.5. The molecule has 5 heteroatoms. The van der Waals surface area contributed by atoms with Gasteiger partial charge in [0.2, 0.25) is 0 Å². The fourth-order valence-corrected chi connectivity index (χ4v) is 1.41. The molecule has 0 saturated heterocycles. The van der Waals surface area contributed by atoms with Gasteiger partial charge in [-0.25, -0.2) is 0 Å². The molecule has 2 rings (SSSR count). The molecule has 0 fully saturated rings. The number of aromatic amines is 1. The Morgan fingerprint density at radius 3 is 2.71 bits per heavy atom. The number of nitrogens with one attached hydrogen (secondary N) is 2. The predicted molar refractivity (Wildman–Crippen MR) is 68.5 cm³/mol. The van der Waals surface area contributed by atoms with Gasteiger partial charge in [-0.2, -0.15) is 5.10 Å². The SMILES string of the molecule is CCCOc1ccc(Nc2cn[nH]c2N)cc1. The van der Waals surface area contributed by atoms with Gasteiger partial charge in [-0.15, -0.1) is 0 Å². The molecule has 90 valence electrons. The summed E-state index contributed by atoms with van der Waals surface area (Å²) in [6, 6.07) is 7.73. The maximum absolute atomic E-state index is 5.68.